The van der Waals surface area contributed by atoms with Crippen LogP contribution in [-0.2, 0) is 10.0 Å². The van der Waals surface area contributed by atoms with E-state index in [2.05, 4.69) is 0 Å². The summed E-state index contributed by atoms with van der Waals surface area (Å²) in [6.45, 7) is 5.75. The van der Waals surface area contributed by atoms with Crippen molar-refractivity contribution in [2.75, 3.05) is 12.8 Å². The summed E-state index contributed by atoms with van der Waals surface area (Å²) >= 11 is 11.8. The first kappa shape index (κ1) is 16.6. The second-order valence-electron chi connectivity index (χ2n) is 4.78. The molecule has 1 unspecified atom stereocenters. The molecule has 0 bridgehead atoms. The monoisotopic (exact) mass is 324 g/mol. The summed E-state index contributed by atoms with van der Waals surface area (Å²) in [7, 11) is -2.16. The molecule has 0 fully saturated rings. The lowest BCUT2D eigenvalue weighted by molar-refractivity contribution is 0.316. The van der Waals surface area contributed by atoms with Gasteiger partial charge in [0, 0.05) is 13.1 Å². The number of nitrogens with two attached hydrogens (primary N) is 1. The third-order valence-corrected chi connectivity index (χ3v) is 6.12. The van der Waals surface area contributed by atoms with E-state index in [1.807, 2.05) is 20.8 Å². The predicted molar refractivity (Wildman–Crippen MR) is 80.1 cm³/mol. The van der Waals surface area contributed by atoms with Crippen molar-refractivity contribution in [3.8, 4) is 0 Å². The minimum Gasteiger partial charge on any atom is -0.396 e. The molecule has 0 aliphatic heterocycles. The summed E-state index contributed by atoms with van der Waals surface area (Å²) in [6, 6.07) is 2.65. The van der Waals surface area contributed by atoms with Crippen LogP contribution < -0.4 is 5.73 Å². The van der Waals surface area contributed by atoms with Gasteiger partial charge in [-0.15, -0.1) is 0 Å². The van der Waals surface area contributed by atoms with E-state index in [0.717, 1.165) is 0 Å². The summed E-state index contributed by atoms with van der Waals surface area (Å²) < 4.78 is 26.3. The van der Waals surface area contributed by atoms with Crippen LogP contribution in [0.15, 0.2) is 17.0 Å². The minimum absolute atomic E-state index is 0.0222. The molecule has 0 heterocycles. The van der Waals surface area contributed by atoms with Crippen molar-refractivity contribution >= 4 is 38.9 Å². The van der Waals surface area contributed by atoms with Crippen LogP contribution >= 0.6 is 23.2 Å². The molecule has 0 saturated heterocycles. The fourth-order valence-electron chi connectivity index (χ4n) is 1.54. The van der Waals surface area contributed by atoms with Crippen LogP contribution in [0, 0.1) is 5.92 Å². The fourth-order valence-corrected chi connectivity index (χ4v) is 3.77. The van der Waals surface area contributed by atoms with Crippen LogP contribution in [0.4, 0.5) is 5.69 Å². The zero-order valence-corrected chi connectivity index (χ0v) is 13.6. The molecule has 1 aromatic carbocycles. The van der Waals surface area contributed by atoms with Gasteiger partial charge in [0.05, 0.1) is 15.7 Å². The highest BCUT2D eigenvalue weighted by atomic mass is 35.5. The van der Waals surface area contributed by atoms with Crippen molar-refractivity contribution in [2.24, 2.45) is 5.92 Å². The summed E-state index contributed by atoms with van der Waals surface area (Å²) in [5, 5.41) is 0.207. The Morgan fingerprint density at radius 1 is 1.21 bits per heavy atom. The maximum Gasteiger partial charge on any atom is 0.244 e. The summed E-state index contributed by atoms with van der Waals surface area (Å²) in [5.41, 5.74) is 5.75. The first-order chi connectivity index (χ1) is 8.60. The molecule has 0 aliphatic carbocycles. The number of benzene rings is 1. The number of rotatable bonds is 4. The van der Waals surface area contributed by atoms with E-state index < -0.39 is 10.0 Å². The molecule has 19 heavy (non-hydrogen) atoms. The van der Waals surface area contributed by atoms with Crippen molar-refractivity contribution in [3.05, 3.63) is 22.2 Å². The average Bonchev–Trinajstić information content (AvgIpc) is 2.33. The highest BCUT2D eigenvalue weighted by molar-refractivity contribution is 7.89. The Hall–Kier alpha value is -0.490. The van der Waals surface area contributed by atoms with Gasteiger partial charge in [0.25, 0.3) is 0 Å². The molecule has 4 nitrogen and oxygen atoms in total. The Balaban J connectivity index is 3.33. The lowest BCUT2D eigenvalue weighted by Crippen LogP contribution is -2.38. The third kappa shape index (κ3) is 3.16. The van der Waals surface area contributed by atoms with Gasteiger partial charge >= 0.3 is 0 Å². The zero-order chi connectivity index (χ0) is 15.0. The Labute approximate surface area is 124 Å². The van der Waals surface area contributed by atoms with Gasteiger partial charge in [-0.05, 0) is 25.0 Å². The number of hydrogen-bond acceptors (Lipinski definition) is 3. The van der Waals surface area contributed by atoms with E-state index in [1.54, 1.807) is 0 Å². The van der Waals surface area contributed by atoms with Crippen LogP contribution in [-0.4, -0.2) is 25.8 Å². The molecule has 0 spiro atoms. The van der Waals surface area contributed by atoms with E-state index >= 15 is 0 Å². The molecule has 7 heteroatoms. The van der Waals surface area contributed by atoms with Crippen molar-refractivity contribution in [1.29, 1.82) is 0 Å². The molecular weight excluding hydrogens is 307 g/mol. The molecule has 1 rings (SSSR count). The molecule has 1 aromatic rings. The van der Waals surface area contributed by atoms with E-state index in [9.17, 15) is 8.42 Å². The lowest BCUT2D eigenvalue weighted by atomic mass is 10.1. The molecule has 0 aromatic heterocycles. The summed E-state index contributed by atoms with van der Waals surface area (Å²) in [6.07, 6.45) is 0. The van der Waals surface area contributed by atoms with Gasteiger partial charge in [-0.25, -0.2) is 8.42 Å². The smallest absolute Gasteiger partial charge is 0.244 e. The molecule has 0 aliphatic rings. The third-order valence-electron chi connectivity index (χ3n) is 3.29. The first-order valence-electron chi connectivity index (χ1n) is 5.82. The van der Waals surface area contributed by atoms with Gasteiger partial charge in [-0.1, -0.05) is 37.0 Å². The van der Waals surface area contributed by atoms with E-state index in [-0.39, 0.29) is 32.6 Å². The number of anilines is 1. The lowest BCUT2D eigenvalue weighted by Gasteiger charge is -2.27. The Bertz CT molecular complexity index is 573. The Morgan fingerprint density at radius 2 is 1.74 bits per heavy atom. The quantitative estimate of drug-likeness (QED) is 0.865. The highest BCUT2D eigenvalue weighted by Gasteiger charge is 2.29. The van der Waals surface area contributed by atoms with Gasteiger partial charge in [-0.3, -0.25) is 0 Å². The van der Waals surface area contributed by atoms with E-state index in [4.69, 9.17) is 28.9 Å². The number of nitrogens with zero attached hydrogens (tertiary/aromatic N) is 1. The summed E-state index contributed by atoms with van der Waals surface area (Å²) in [4.78, 5) is -0.0222. The second kappa shape index (κ2) is 5.87. The number of halogens is 2. The van der Waals surface area contributed by atoms with Crippen LogP contribution in [0.2, 0.25) is 10.0 Å². The van der Waals surface area contributed by atoms with Crippen LogP contribution in [0.1, 0.15) is 20.8 Å². The van der Waals surface area contributed by atoms with Crippen LogP contribution in [0.3, 0.4) is 0 Å². The molecule has 0 radical (unpaired) electrons. The zero-order valence-electron chi connectivity index (χ0n) is 11.3. The first-order valence-corrected chi connectivity index (χ1v) is 8.01. The predicted octanol–water partition coefficient (Wildman–Crippen LogP) is 3.24. The molecule has 0 saturated carbocycles. The van der Waals surface area contributed by atoms with Crippen molar-refractivity contribution in [3.63, 3.8) is 0 Å². The number of sulfonamides is 1. The number of hydrogen-bond donors (Lipinski definition) is 1. The second-order valence-corrected chi connectivity index (χ2v) is 7.53. The Morgan fingerprint density at radius 3 is 2.21 bits per heavy atom. The maximum absolute atomic E-state index is 12.5. The minimum atomic E-state index is -3.69. The molecular formula is C12H18Cl2N2O2S. The molecule has 2 N–H and O–H groups in total. The van der Waals surface area contributed by atoms with Crippen molar-refractivity contribution in [2.45, 2.75) is 31.7 Å². The van der Waals surface area contributed by atoms with Crippen LogP contribution in [0.5, 0.6) is 0 Å². The standard InChI is InChI=1S/C12H18Cl2N2O2S/c1-7(2)8(3)16(4)19(17,18)10-6-5-9(13)12(15)11(10)14/h5-8H,15H2,1-4H3. The normalized spacial score (nSPS) is 14.1. The largest absolute Gasteiger partial charge is 0.396 e. The highest BCUT2D eigenvalue weighted by Crippen LogP contribution is 2.35. The van der Waals surface area contributed by atoms with E-state index in [1.165, 1.54) is 23.5 Å². The molecule has 108 valence electrons. The fraction of sp³-hybridized carbons (Fsp3) is 0.500. The Kier molecular flexibility index (Phi) is 5.12. The van der Waals surface area contributed by atoms with Gasteiger partial charge in [0.1, 0.15) is 4.90 Å². The number of nitrogen functional groups attached to an aromatic ring is 1. The SMILES string of the molecule is CC(C)C(C)N(C)S(=O)(=O)c1ccc(Cl)c(N)c1Cl. The van der Waals surface area contributed by atoms with Crippen molar-refractivity contribution < 1.29 is 8.42 Å². The van der Waals surface area contributed by atoms with Gasteiger partial charge in [0.15, 0.2) is 0 Å². The average molecular weight is 325 g/mol. The topological polar surface area (TPSA) is 63.4 Å². The molecule has 0 amide bonds. The van der Waals surface area contributed by atoms with Gasteiger partial charge < -0.3 is 5.73 Å². The van der Waals surface area contributed by atoms with Gasteiger partial charge in [-0.2, -0.15) is 4.31 Å². The van der Waals surface area contributed by atoms with Crippen molar-refractivity contribution in [1.82, 2.24) is 4.31 Å². The van der Waals surface area contributed by atoms with Crippen LogP contribution in [0.25, 0.3) is 0 Å². The summed E-state index contributed by atoms with van der Waals surface area (Å²) in [5.74, 6) is 0.184. The van der Waals surface area contributed by atoms with Gasteiger partial charge in [0.2, 0.25) is 10.0 Å². The molecule has 1 atom stereocenters. The van der Waals surface area contributed by atoms with E-state index in [0.29, 0.717) is 0 Å². The maximum atomic E-state index is 12.5.